The molecule has 0 unspecified atom stereocenters. The summed E-state index contributed by atoms with van der Waals surface area (Å²) in [5.41, 5.74) is 1.48. The molecule has 9 heteroatoms. The Bertz CT molecular complexity index is 1380. The summed E-state index contributed by atoms with van der Waals surface area (Å²) in [4.78, 5) is 0. The number of rotatable bonds is 5. The quantitative estimate of drug-likeness (QED) is 0.249. The van der Waals surface area contributed by atoms with Gasteiger partial charge in [-0.3, -0.25) is 0 Å². The maximum atomic E-state index is 13.3. The van der Waals surface area contributed by atoms with Gasteiger partial charge in [-0.2, -0.15) is 26.3 Å². The average Bonchev–Trinajstić information content (AvgIpc) is 2.82. The first-order valence-electron chi connectivity index (χ1n) is 10.6. The number of anilines is 1. The van der Waals surface area contributed by atoms with Crippen LogP contribution in [-0.2, 0) is 18.9 Å². The topological polar surface area (TPSA) is 12.0 Å². The lowest BCUT2D eigenvalue weighted by molar-refractivity contribution is -0.138. The van der Waals surface area contributed by atoms with E-state index in [9.17, 15) is 26.3 Å². The zero-order valence-electron chi connectivity index (χ0n) is 18.3. The summed E-state index contributed by atoms with van der Waals surface area (Å²) in [6, 6.07) is 20.2. The Morgan fingerprint density at radius 3 is 1.72 bits per heavy atom. The zero-order valence-corrected chi connectivity index (χ0v) is 19.8. The Balaban J connectivity index is 1.59. The first-order valence-corrected chi connectivity index (χ1v) is 11.3. The van der Waals surface area contributed by atoms with E-state index >= 15 is 0 Å². The van der Waals surface area contributed by atoms with E-state index in [4.69, 9.17) is 23.2 Å². The van der Waals surface area contributed by atoms with Gasteiger partial charge in [-0.05, 0) is 53.1 Å². The third-order valence-electron chi connectivity index (χ3n) is 5.56. The molecule has 0 atom stereocenters. The summed E-state index contributed by atoms with van der Waals surface area (Å²) >= 11 is 12.5. The van der Waals surface area contributed by atoms with Crippen LogP contribution >= 0.6 is 23.2 Å². The second-order valence-electron chi connectivity index (χ2n) is 7.98. The van der Waals surface area contributed by atoms with Crippen LogP contribution < -0.4 is 5.32 Å². The highest BCUT2D eigenvalue weighted by molar-refractivity contribution is 6.36. The van der Waals surface area contributed by atoms with Crippen molar-refractivity contribution in [2.45, 2.75) is 18.9 Å². The first-order chi connectivity index (χ1) is 16.9. The largest absolute Gasteiger partial charge is 0.416 e. The van der Waals surface area contributed by atoms with E-state index in [0.29, 0.717) is 33.5 Å². The molecule has 0 bridgehead atoms. The molecule has 0 aliphatic carbocycles. The van der Waals surface area contributed by atoms with Crippen LogP contribution in [-0.4, -0.2) is 0 Å². The maximum Gasteiger partial charge on any atom is 0.416 e. The van der Waals surface area contributed by atoms with Crippen LogP contribution in [0.4, 0.5) is 32.0 Å². The predicted octanol–water partition coefficient (Wildman–Crippen LogP) is 9.98. The van der Waals surface area contributed by atoms with Crippen molar-refractivity contribution in [2.75, 3.05) is 5.32 Å². The van der Waals surface area contributed by atoms with Gasteiger partial charge in [-0.25, -0.2) is 0 Å². The number of alkyl halides is 6. The molecule has 0 aliphatic heterocycles. The Kier molecular flexibility index (Phi) is 7.25. The van der Waals surface area contributed by atoms with Crippen LogP contribution in [0.25, 0.3) is 22.3 Å². The van der Waals surface area contributed by atoms with Crippen molar-refractivity contribution >= 4 is 28.9 Å². The van der Waals surface area contributed by atoms with Crippen LogP contribution in [0.1, 0.15) is 16.7 Å². The third kappa shape index (κ3) is 5.79. The monoisotopic (exact) mass is 539 g/mol. The van der Waals surface area contributed by atoms with Crippen molar-refractivity contribution in [3.8, 4) is 22.3 Å². The van der Waals surface area contributed by atoms with Crippen molar-refractivity contribution in [1.82, 2.24) is 0 Å². The molecular weight excluding hydrogens is 523 g/mol. The molecule has 0 fully saturated rings. The van der Waals surface area contributed by atoms with Gasteiger partial charge >= 0.3 is 12.4 Å². The lowest BCUT2D eigenvalue weighted by Gasteiger charge is -2.16. The molecular formula is C27H17Cl2F6N. The Morgan fingerprint density at radius 2 is 1.14 bits per heavy atom. The van der Waals surface area contributed by atoms with Gasteiger partial charge in [0.1, 0.15) is 0 Å². The summed E-state index contributed by atoms with van der Waals surface area (Å²) in [7, 11) is 0. The highest BCUT2D eigenvalue weighted by Gasteiger charge is 2.32. The standard InChI is InChI=1S/C27H17Cl2F6N/c28-24-13-19(27(33,34)35)8-10-21(24)22-11-9-20(14-25(22)29)36-15-17-6-7-18(26(30,31)32)12-23(17)16-4-2-1-3-5-16/h1-14,36H,15H2. The fourth-order valence-electron chi connectivity index (χ4n) is 3.74. The summed E-state index contributed by atoms with van der Waals surface area (Å²) < 4.78 is 78.7. The van der Waals surface area contributed by atoms with Gasteiger partial charge in [-0.1, -0.05) is 71.7 Å². The van der Waals surface area contributed by atoms with Gasteiger partial charge in [0.2, 0.25) is 0 Å². The van der Waals surface area contributed by atoms with E-state index in [2.05, 4.69) is 5.32 Å². The van der Waals surface area contributed by atoms with Crippen molar-refractivity contribution < 1.29 is 26.3 Å². The number of hydrogen-bond acceptors (Lipinski definition) is 1. The average molecular weight is 540 g/mol. The molecule has 0 aliphatic rings. The summed E-state index contributed by atoms with van der Waals surface area (Å²) in [6.45, 7) is 0.207. The molecule has 0 amide bonds. The van der Waals surface area contributed by atoms with Crippen LogP contribution in [0.5, 0.6) is 0 Å². The molecule has 0 spiro atoms. The Morgan fingerprint density at radius 1 is 0.583 bits per heavy atom. The van der Waals surface area contributed by atoms with Gasteiger partial charge < -0.3 is 5.32 Å². The molecule has 36 heavy (non-hydrogen) atoms. The fourth-order valence-corrected chi connectivity index (χ4v) is 4.31. The summed E-state index contributed by atoms with van der Waals surface area (Å²) in [5, 5.41) is 3.30. The molecule has 1 nitrogen and oxygen atoms in total. The smallest absolute Gasteiger partial charge is 0.381 e. The molecule has 1 N–H and O–H groups in total. The normalized spacial score (nSPS) is 12.0. The van der Waals surface area contributed by atoms with Crippen LogP contribution in [0.15, 0.2) is 84.9 Å². The highest BCUT2D eigenvalue weighted by Crippen LogP contribution is 2.39. The summed E-state index contributed by atoms with van der Waals surface area (Å²) in [6.07, 6.45) is -8.99. The SMILES string of the molecule is FC(F)(F)c1ccc(-c2ccc(NCc3ccc(C(F)(F)F)cc3-c3ccccc3)cc2Cl)c(Cl)c1. The maximum absolute atomic E-state index is 13.3. The molecule has 0 aromatic heterocycles. The molecule has 186 valence electrons. The molecule has 4 aromatic carbocycles. The van der Waals surface area contributed by atoms with E-state index < -0.39 is 23.5 Å². The van der Waals surface area contributed by atoms with E-state index in [1.807, 2.05) is 0 Å². The molecule has 4 rings (SSSR count). The minimum atomic E-state index is -4.52. The van der Waals surface area contributed by atoms with E-state index in [1.165, 1.54) is 12.1 Å². The number of hydrogen-bond donors (Lipinski definition) is 1. The van der Waals surface area contributed by atoms with Gasteiger partial charge in [0, 0.05) is 28.4 Å². The van der Waals surface area contributed by atoms with Crippen molar-refractivity contribution in [3.63, 3.8) is 0 Å². The predicted molar refractivity (Wildman–Crippen MR) is 131 cm³/mol. The second kappa shape index (κ2) is 10.1. The number of benzene rings is 4. The minimum absolute atomic E-state index is 0.0929. The Hall–Kier alpha value is -3.16. The van der Waals surface area contributed by atoms with Gasteiger partial charge in [0.25, 0.3) is 0 Å². The third-order valence-corrected chi connectivity index (χ3v) is 6.19. The van der Waals surface area contributed by atoms with Gasteiger partial charge in [-0.15, -0.1) is 0 Å². The first kappa shape index (κ1) is 25.9. The minimum Gasteiger partial charge on any atom is -0.381 e. The molecule has 0 heterocycles. The molecule has 0 saturated carbocycles. The van der Waals surface area contributed by atoms with E-state index in [-0.39, 0.29) is 16.6 Å². The molecule has 4 aromatic rings. The van der Waals surface area contributed by atoms with Crippen molar-refractivity contribution in [2.24, 2.45) is 0 Å². The molecule has 0 saturated heterocycles. The highest BCUT2D eigenvalue weighted by atomic mass is 35.5. The van der Waals surface area contributed by atoms with E-state index in [0.717, 1.165) is 24.3 Å². The molecule has 0 radical (unpaired) electrons. The fraction of sp³-hybridized carbons (Fsp3) is 0.111. The number of halogens is 8. The van der Waals surface area contributed by atoms with Crippen LogP contribution in [0.3, 0.4) is 0 Å². The lowest BCUT2D eigenvalue weighted by Crippen LogP contribution is -2.07. The summed E-state index contributed by atoms with van der Waals surface area (Å²) in [5.74, 6) is 0. The van der Waals surface area contributed by atoms with Crippen LogP contribution in [0.2, 0.25) is 10.0 Å². The zero-order chi connectivity index (χ0) is 26.1. The lowest BCUT2D eigenvalue weighted by atomic mass is 9.97. The van der Waals surface area contributed by atoms with Crippen molar-refractivity contribution in [1.29, 1.82) is 0 Å². The van der Waals surface area contributed by atoms with Gasteiger partial charge in [0.15, 0.2) is 0 Å². The number of nitrogens with one attached hydrogen (secondary N) is 1. The van der Waals surface area contributed by atoms with Crippen molar-refractivity contribution in [3.05, 3.63) is 112 Å². The van der Waals surface area contributed by atoms with Crippen LogP contribution in [0, 0.1) is 0 Å². The van der Waals surface area contributed by atoms with E-state index in [1.54, 1.807) is 48.5 Å². The van der Waals surface area contributed by atoms with Gasteiger partial charge in [0.05, 0.1) is 16.1 Å². The second-order valence-corrected chi connectivity index (χ2v) is 8.79. The Labute approximate surface area is 213 Å².